The lowest BCUT2D eigenvalue weighted by molar-refractivity contribution is 0.670. The molecule has 0 fully saturated rings. The molecule has 12 aromatic rings. The molecule has 0 bridgehead atoms. The Kier molecular flexibility index (Phi) is 9.82. The van der Waals surface area contributed by atoms with Gasteiger partial charge in [-0.2, -0.15) is 0 Å². The minimum absolute atomic E-state index is 0.280. The number of hydrogen-bond acceptors (Lipinski definition) is 4. The minimum Gasteiger partial charge on any atom is -0.455 e. The number of nitrogens with zero attached hydrogens (tertiary/aromatic N) is 3. The molecule has 0 radical (unpaired) electrons. The van der Waals surface area contributed by atoms with Crippen LogP contribution in [-0.4, -0.2) is 6.85 Å². The summed E-state index contributed by atoms with van der Waals surface area (Å²) in [5.41, 5.74) is 23.5. The summed E-state index contributed by atoms with van der Waals surface area (Å²) in [7, 11) is 0. The first-order valence-corrected chi connectivity index (χ1v) is 24.8. The molecule has 0 spiro atoms. The molecule has 0 amide bonds. The lowest BCUT2D eigenvalue weighted by Gasteiger charge is -2.46. The number of para-hydroxylation sites is 3. The third-order valence-corrected chi connectivity index (χ3v) is 14.7. The Balaban J connectivity index is 1.11. The van der Waals surface area contributed by atoms with E-state index in [1.54, 1.807) is 0 Å². The van der Waals surface area contributed by atoms with E-state index in [2.05, 4.69) is 282 Å². The van der Waals surface area contributed by atoms with Crippen molar-refractivity contribution in [1.29, 1.82) is 0 Å². The molecule has 338 valence electrons. The van der Waals surface area contributed by atoms with Crippen molar-refractivity contribution in [1.82, 2.24) is 0 Å². The number of hydrogen-bond donors (Lipinski definition) is 0. The maximum absolute atomic E-state index is 7.19. The predicted molar refractivity (Wildman–Crippen MR) is 303 cm³/mol. The van der Waals surface area contributed by atoms with Crippen LogP contribution >= 0.6 is 0 Å². The van der Waals surface area contributed by atoms with Crippen LogP contribution in [0.2, 0.25) is 0 Å². The third kappa shape index (κ3) is 6.77. The smallest absolute Gasteiger partial charge is 0.333 e. The molecule has 0 aliphatic carbocycles. The van der Waals surface area contributed by atoms with Crippen molar-refractivity contribution < 1.29 is 4.42 Å². The maximum Gasteiger partial charge on any atom is 0.333 e. The largest absolute Gasteiger partial charge is 0.455 e. The van der Waals surface area contributed by atoms with Crippen molar-refractivity contribution >= 4 is 85.2 Å². The third-order valence-electron chi connectivity index (χ3n) is 14.7. The molecule has 0 N–H and O–H groups in total. The fraction of sp³-hybridized carbons (Fsp3) is 0.0149. The van der Waals surface area contributed by atoms with E-state index in [-0.39, 0.29) is 6.85 Å². The minimum atomic E-state index is -0.280. The van der Waals surface area contributed by atoms with Crippen molar-refractivity contribution in [2.45, 2.75) is 6.92 Å². The van der Waals surface area contributed by atoms with Crippen LogP contribution in [0.4, 0.5) is 45.5 Å². The monoisotopic (exact) mass is 919 g/mol. The topological polar surface area (TPSA) is 22.9 Å². The molecule has 4 nitrogen and oxygen atoms in total. The van der Waals surface area contributed by atoms with E-state index >= 15 is 0 Å². The summed E-state index contributed by atoms with van der Waals surface area (Å²) in [6.45, 7) is 1.98. The zero-order valence-electron chi connectivity index (χ0n) is 39.7. The lowest BCUT2D eigenvalue weighted by atomic mass is 9.43. The summed E-state index contributed by atoms with van der Waals surface area (Å²) in [6, 6.07) is 94.8. The van der Waals surface area contributed by atoms with E-state index in [0.717, 1.165) is 89.7 Å². The van der Waals surface area contributed by atoms with E-state index in [4.69, 9.17) is 4.42 Å². The van der Waals surface area contributed by atoms with Crippen LogP contribution in [0, 0.1) is 6.92 Å². The molecule has 0 saturated heterocycles. The predicted octanol–water partition coefficient (Wildman–Crippen LogP) is 17.1. The first kappa shape index (κ1) is 41.6. The quantitative estimate of drug-likeness (QED) is 0.142. The molecule has 11 aromatic carbocycles. The fourth-order valence-electron chi connectivity index (χ4n) is 11.5. The number of aryl methyl sites for hydroxylation is 1. The summed E-state index contributed by atoms with van der Waals surface area (Å²) in [4.78, 5) is 7.53. The average molecular weight is 920 g/mol. The zero-order chi connectivity index (χ0) is 47.7. The van der Waals surface area contributed by atoms with Crippen LogP contribution < -0.4 is 25.5 Å². The normalized spacial score (nSPS) is 12.4. The molecule has 1 aromatic heterocycles. The van der Waals surface area contributed by atoms with Crippen molar-refractivity contribution in [2.75, 3.05) is 14.6 Å². The van der Waals surface area contributed by atoms with Gasteiger partial charge in [0.1, 0.15) is 11.2 Å². The number of furan rings is 1. The number of rotatable bonds is 8. The molecule has 2 aliphatic rings. The Morgan fingerprint density at radius 2 is 0.931 bits per heavy atom. The van der Waals surface area contributed by atoms with Gasteiger partial charge in [-0.1, -0.05) is 170 Å². The summed E-state index contributed by atoms with van der Waals surface area (Å²) in [5.74, 6) is 0. The van der Waals surface area contributed by atoms with Gasteiger partial charge in [0.05, 0.1) is 0 Å². The second-order valence-corrected chi connectivity index (χ2v) is 18.9. The molecule has 0 saturated carbocycles. The maximum atomic E-state index is 7.19. The summed E-state index contributed by atoms with van der Waals surface area (Å²) >= 11 is 0. The van der Waals surface area contributed by atoms with Gasteiger partial charge in [-0.25, -0.2) is 0 Å². The van der Waals surface area contributed by atoms with Crippen LogP contribution in [0.3, 0.4) is 0 Å². The number of anilines is 8. The van der Waals surface area contributed by atoms with E-state index in [1.165, 1.54) is 38.7 Å². The molecule has 5 heteroatoms. The van der Waals surface area contributed by atoms with Crippen molar-refractivity contribution in [3.05, 3.63) is 266 Å². The first-order valence-electron chi connectivity index (χ1n) is 24.8. The summed E-state index contributed by atoms with van der Waals surface area (Å²) in [6.07, 6.45) is 0. The Labute approximate surface area is 420 Å². The van der Waals surface area contributed by atoms with Gasteiger partial charge in [0.15, 0.2) is 0 Å². The fourth-order valence-corrected chi connectivity index (χ4v) is 11.5. The number of benzene rings is 11. The van der Waals surface area contributed by atoms with Gasteiger partial charge in [0, 0.05) is 67.4 Å². The first-order chi connectivity index (χ1) is 35.6. The van der Waals surface area contributed by atoms with Gasteiger partial charge in [-0.15, -0.1) is 0 Å². The Morgan fingerprint density at radius 1 is 0.389 bits per heavy atom. The van der Waals surface area contributed by atoms with E-state index < -0.39 is 0 Å². The van der Waals surface area contributed by atoms with Gasteiger partial charge < -0.3 is 19.0 Å². The molecule has 3 heterocycles. The Bertz CT molecular complexity index is 3970. The standard InChI is InChI=1S/C67H46BN3O/c1-45-40-50(47-22-9-3-10-23-47)34-37-60(45)70-62-39-36-54(69(52-27-13-5-14-28-52)53-29-15-6-16-30-53)43-59(62)68-66-63(70)44-57-56-32-17-18-33-64(56)72-67(57)65(66)58-42-51(48-24-11-4-12-25-48)35-38-61(58)71(68)55-31-19-26-49(41-55)46-20-7-2-8-21-46/h2-44H,1H3. The van der Waals surface area contributed by atoms with E-state index in [0.29, 0.717) is 0 Å². The summed E-state index contributed by atoms with van der Waals surface area (Å²) < 4.78 is 7.19. The van der Waals surface area contributed by atoms with Crippen molar-refractivity contribution in [2.24, 2.45) is 0 Å². The highest BCUT2D eigenvalue weighted by Crippen LogP contribution is 2.52. The molecule has 14 rings (SSSR count). The van der Waals surface area contributed by atoms with E-state index in [1.807, 2.05) is 0 Å². The molecule has 0 atom stereocenters. The van der Waals surface area contributed by atoms with Crippen molar-refractivity contribution in [3.63, 3.8) is 0 Å². The van der Waals surface area contributed by atoms with Gasteiger partial charge in [-0.05, 0) is 148 Å². The van der Waals surface area contributed by atoms with Gasteiger partial charge in [0.2, 0.25) is 0 Å². The second-order valence-electron chi connectivity index (χ2n) is 18.9. The van der Waals surface area contributed by atoms with E-state index in [9.17, 15) is 0 Å². The number of fused-ring (bicyclic) bond motifs is 8. The highest BCUT2D eigenvalue weighted by molar-refractivity contribution is 6.94. The van der Waals surface area contributed by atoms with Crippen LogP contribution in [0.5, 0.6) is 0 Å². The lowest BCUT2D eigenvalue weighted by Crippen LogP contribution is -2.61. The molecule has 72 heavy (non-hydrogen) atoms. The Hall–Kier alpha value is -9.32. The second kappa shape index (κ2) is 17.0. The van der Waals surface area contributed by atoms with Gasteiger partial charge in [0.25, 0.3) is 0 Å². The molecule has 0 unspecified atom stereocenters. The highest BCUT2D eigenvalue weighted by atomic mass is 16.3. The average Bonchev–Trinajstić information content (AvgIpc) is 3.83. The van der Waals surface area contributed by atoms with Gasteiger partial charge in [-0.3, -0.25) is 0 Å². The van der Waals surface area contributed by atoms with Crippen LogP contribution in [0.25, 0.3) is 66.4 Å². The molecule has 2 aliphatic heterocycles. The summed E-state index contributed by atoms with van der Waals surface area (Å²) in [5, 5.41) is 2.19. The van der Waals surface area contributed by atoms with Gasteiger partial charge >= 0.3 is 6.85 Å². The van der Waals surface area contributed by atoms with Crippen LogP contribution in [0.15, 0.2) is 265 Å². The zero-order valence-corrected chi connectivity index (χ0v) is 39.7. The van der Waals surface area contributed by atoms with Crippen LogP contribution in [-0.2, 0) is 0 Å². The highest BCUT2D eigenvalue weighted by Gasteiger charge is 2.47. The molecular formula is C67H46BN3O. The molecular weight excluding hydrogens is 874 g/mol. The SMILES string of the molecule is Cc1cc(-c2ccccc2)ccc1N1c2ccc(N(c3ccccc3)c3ccccc3)cc2B2c3c1cc1c(oc4ccccc41)c3-c1cc(-c3ccccc3)ccc1N2c1cccc(-c2ccccc2)c1. The van der Waals surface area contributed by atoms with Crippen LogP contribution in [0.1, 0.15) is 5.56 Å². The van der Waals surface area contributed by atoms with Crippen molar-refractivity contribution in [3.8, 4) is 44.5 Å². The Morgan fingerprint density at radius 3 is 1.57 bits per heavy atom.